The van der Waals surface area contributed by atoms with Crippen molar-refractivity contribution in [2.75, 3.05) is 7.11 Å². The van der Waals surface area contributed by atoms with E-state index in [4.69, 9.17) is 9.84 Å². The maximum Gasteiger partial charge on any atom is 0.404 e. The van der Waals surface area contributed by atoms with Crippen LogP contribution in [0, 0.1) is 0 Å². The number of benzene rings is 1. The third-order valence-electron chi connectivity index (χ3n) is 1.66. The molecule has 0 bridgehead atoms. The van der Waals surface area contributed by atoms with Crippen molar-refractivity contribution in [1.29, 1.82) is 0 Å². The van der Waals surface area contributed by atoms with E-state index in [2.05, 4.69) is 21.2 Å². The number of methoxy groups -OCH3 is 1. The zero-order valence-corrected chi connectivity index (χ0v) is 9.17. The fourth-order valence-corrected chi connectivity index (χ4v) is 1.40. The molecule has 0 aliphatic rings. The molecule has 0 fully saturated rings. The van der Waals surface area contributed by atoms with Crippen LogP contribution in [0.25, 0.3) is 0 Å². The zero-order chi connectivity index (χ0) is 10.6. The normalized spacial score (nSPS) is 9.57. The first kappa shape index (κ1) is 10.8. The predicted molar refractivity (Wildman–Crippen MR) is 55.6 cm³/mol. The second-order valence-corrected chi connectivity index (χ2v) is 3.48. The number of ether oxygens (including phenoxy) is 1. The molecule has 14 heavy (non-hydrogen) atoms. The Morgan fingerprint density at radius 2 is 2.36 bits per heavy atom. The van der Waals surface area contributed by atoms with Crippen LogP contribution in [0.15, 0.2) is 22.7 Å². The molecule has 0 heterocycles. The Kier molecular flexibility index (Phi) is 3.76. The van der Waals surface area contributed by atoms with Crippen molar-refractivity contribution in [1.82, 2.24) is 5.32 Å². The largest absolute Gasteiger partial charge is 0.496 e. The Morgan fingerprint density at radius 3 is 2.93 bits per heavy atom. The average Bonchev–Trinajstić information content (AvgIpc) is 2.16. The number of carboxylic acid groups (broad SMARTS) is 1. The minimum Gasteiger partial charge on any atom is -0.496 e. The van der Waals surface area contributed by atoms with Gasteiger partial charge in [-0.15, -0.1) is 0 Å². The number of carbonyl (C=O) groups is 1. The lowest BCUT2D eigenvalue weighted by atomic mass is 10.2. The first-order valence-corrected chi connectivity index (χ1v) is 4.72. The van der Waals surface area contributed by atoms with E-state index in [0.29, 0.717) is 5.75 Å². The molecule has 0 radical (unpaired) electrons. The molecule has 0 saturated heterocycles. The highest BCUT2D eigenvalue weighted by Crippen LogP contribution is 2.25. The van der Waals surface area contributed by atoms with Crippen molar-refractivity contribution in [3.8, 4) is 5.75 Å². The van der Waals surface area contributed by atoms with Crippen molar-refractivity contribution >= 4 is 22.0 Å². The van der Waals surface area contributed by atoms with Crippen molar-refractivity contribution in [3.63, 3.8) is 0 Å². The van der Waals surface area contributed by atoms with Crippen molar-refractivity contribution in [2.45, 2.75) is 6.54 Å². The second kappa shape index (κ2) is 4.85. The van der Waals surface area contributed by atoms with Crippen molar-refractivity contribution in [3.05, 3.63) is 28.2 Å². The first-order valence-electron chi connectivity index (χ1n) is 3.92. The number of rotatable bonds is 3. The molecule has 0 aromatic heterocycles. The van der Waals surface area contributed by atoms with Crippen LogP contribution in [0.1, 0.15) is 5.56 Å². The molecule has 4 nitrogen and oxygen atoms in total. The van der Waals surface area contributed by atoms with Gasteiger partial charge in [0.2, 0.25) is 0 Å². The molecule has 1 amide bonds. The van der Waals surface area contributed by atoms with Crippen LogP contribution in [0.2, 0.25) is 0 Å². The molecule has 76 valence electrons. The summed E-state index contributed by atoms with van der Waals surface area (Å²) >= 11 is 3.31. The SMILES string of the molecule is COc1cc(CNC(=O)O)ccc1Br. The van der Waals surface area contributed by atoms with E-state index >= 15 is 0 Å². The van der Waals surface area contributed by atoms with Crippen LogP contribution >= 0.6 is 15.9 Å². The molecule has 0 aliphatic carbocycles. The molecule has 0 spiro atoms. The third-order valence-corrected chi connectivity index (χ3v) is 2.31. The molecule has 1 rings (SSSR count). The highest BCUT2D eigenvalue weighted by Gasteiger charge is 2.02. The zero-order valence-electron chi connectivity index (χ0n) is 7.58. The van der Waals surface area contributed by atoms with Gasteiger partial charge in [0.15, 0.2) is 0 Å². The maximum absolute atomic E-state index is 10.2. The molecular formula is C9H10BrNO3. The number of nitrogens with one attached hydrogen (secondary N) is 1. The summed E-state index contributed by atoms with van der Waals surface area (Å²) in [6, 6.07) is 5.42. The Bertz CT molecular complexity index is 341. The maximum atomic E-state index is 10.2. The number of halogens is 1. The van der Waals surface area contributed by atoms with Gasteiger partial charge in [0.1, 0.15) is 5.75 Å². The van der Waals surface area contributed by atoms with Gasteiger partial charge in [0, 0.05) is 6.54 Å². The first-order chi connectivity index (χ1) is 6.63. The van der Waals surface area contributed by atoms with E-state index in [1.54, 1.807) is 13.2 Å². The van der Waals surface area contributed by atoms with E-state index in [1.165, 1.54) is 0 Å². The van der Waals surface area contributed by atoms with E-state index < -0.39 is 6.09 Å². The predicted octanol–water partition coefficient (Wildman–Crippen LogP) is 2.23. The molecule has 0 saturated carbocycles. The van der Waals surface area contributed by atoms with Crippen LogP contribution < -0.4 is 10.1 Å². The fraction of sp³-hybridized carbons (Fsp3) is 0.222. The number of hydrogen-bond donors (Lipinski definition) is 2. The molecule has 0 aliphatic heterocycles. The average molecular weight is 260 g/mol. The van der Waals surface area contributed by atoms with Gasteiger partial charge in [0.05, 0.1) is 11.6 Å². The summed E-state index contributed by atoms with van der Waals surface area (Å²) < 4.78 is 5.92. The van der Waals surface area contributed by atoms with Crippen LogP contribution in [0.5, 0.6) is 5.75 Å². The van der Waals surface area contributed by atoms with Gasteiger partial charge in [-0.1, -0.05) is 6.07 Å². The van der Waals surface area contributed by atoms with Gasteiger partial charge < -0.3 is 15.2 Å². The van der Waals surface area contributed by atoms with E-state index in [9.17, 15) is 4.79 Å². The Hall–Kier alpha value is -1.23. The van der Waals surface area contributed by atoms with Gasteiger partial charge in [-0.05, 0) is 33.6 Å². The van der Waals surface area contributed by atoms with Gasteiger partial charge in [-0.2, -0.15) is 0 Å². The van der Waals surface area contributed by atoms with Crippen molar-refractivity contribution < 1.29 is 14.6 Å². The minimum absolute atomic E-state index is 0.277. The quantitative estimate of drug-likeness (QED) is 0.876. The summed E-state index contributed by atoms with van der Waals surface area (Å²) in [4.78, 5) is 10.2. The molecule has 2 N–H and O–H groups in total. The summed E-state index contributed by atoms with van der Waals surface area (Å²) in [5.74, 6) is 0.690. The lowest BCUT2D eigenvalue weighted by molar-refractivity contribution is 0.194. The van der Waals surface area contributed by atoms with Crippen LogP contribution in [0.3, 0.4) is 0 Å². The molecule has 5 heteroatoms. The smallest absolute Gasteiger partial charge is 0.404 e. The highest BCUT2D eigenvalue weighted by molar-refractivity contribution is 9.10. The summed E-state index contributed by atoms with van der Waals surface area (Å²) in [6.07, 6.45) is -1.04. The van der Waals surface area contributed by atoms with Crippen molar-refractivity contribution in [2.24, 2.45) is 0 Å². The second-order valence-electron chi connectivity index (χ2n) is 2.63. The minimum atomic E-state index is -1.04. The monoisotopic (exact) mass is 259 g/mol. The van der Waals surface area contributed by atoms with E-state index in [-0.39, 0.29) is 6.54 Å². The molecule has 1 aromatic rings. The Labute approximate surface area is 90.0 Å². The Balaban J connectivity index is 2.74. The lowest BCUT2D eigenvalue weighted by Gasteiger charge is -2.06. The van der Waals surface area contributed by atoms with E-state index in [1.807, 2.05) is 12.1 Å². The fourth-order valence-electron chi connectivity index (χ4n) is 0.992. The molecule has 0 atom stereocenters. The van der Waals surface area contributed by atoms with Gasteiger partial charge in [-0.3, -0.25) is 0 Å². The summed E-state index contributed by atoms with van der Waals surface area (Å²) in [5, 5.41) is 10.7. The molecule has 1 aromatic carbocycles. The van der Waals surface area contributed by atoms with Crippen LogP contribution in [-0.4, -0.2) is 18.3 Å². The summed E-state index contributed by atoms with van der Waals surface area (Å²) in [7, 11) is 1.56. The van der Waals surface area contributed by atoms with E-state index in [0.717, 1.165) is 10.0 Å². The van der Waals surface area contributed by atoms with Crippen LogP contribution in [-0.2, 0) is 6.54 Å². The highest BCUT2D eigenvalue weighted by atomic mass is 79.9. The standard InChI is InChI=1S/C9H10BrNO3/c1-14-8-4-6(2-3-7(8)10)5-11-9(12)13/h2-4,11H,5H2,1H3,(H,12,13). The van der Waals surface area contributed by atoms with Gasteiger partial charge in [-0.25, -0.2) is 4.79 Å². The summed E-state index contributed by atoms with van der Waals surface area (Å²) in [5.41, 5.74) is 0.854. The topological polar surface area (TPSA) is 58.6 Å². The number of amides is 1. The Morgan fingerprint density at radius 1 is 1.64 bits per heavy atom. The third kappa shape index (κ3) is 2.92. The van der Waals surface area contributed by atoms with Gasteiger partial charge >= 0.3 is 6.09 Å². The molecular weight excluding hydrogens is 250 g/mol. The van der Waals surface area contributed by atoms with Gasteiger partial charge in [0.25, 0.3) is 0 Å². The van der Waals surface area contributed by atoms with Crippen LogP contribution in [0.4, 0.5) is 4.79 Å². The molecule has 0 unspecified atom stereocenters. The summed E-state index contributed by atoms with van der Waals surface area (Å²) in [6.45, 7) is 0.277. The lowest BCUT2D eigenvalue weighted by Crippen LogP contribution is -2.19. The number of hydrogen-bond acceptors (Lipinski definition) is 2.